The maximum Gasteiger partial charge on any atom is 0.166 e. The summed E-state index contributed by atoms with van der Waals surface area (Å²) in [6.45, 7) is 0.698. The first kappa shape index (κ1) is 13.3. The Balaban J connectivity index is 2.08. The van der Waals surface area contributed by atoms with Crippen molar-refractivity contribution in [3.63, 3.8) is 0 Å². The van der Waals surface area contributed by atoms with E-state index in [9.17, 15) is 4.79 Å². The van der Waals surface area contributed by atoms with Crippen LogP contribution in [-0.2, 0) is 11.3 Å². The zero-order valence-corrected chi connectivity index (χ0v) is 11.1. The van der Waals surface area contributed by atoms with Gasteiger partial charge in [0.1, 0.15) is 0 Å². The number of carbonyl (C=O) groups excluding carboxylic acids is 1. The average Bonchev–Trinajstić information content (AvgIpc) is 2.47. The van der Waals surface area contributed by atoms with E-state index >= 15 is 0 Å². The van der Waals surface area contributed by atoms with Crippen LogP contribution < -0.4 is 0 Å². The van der Waals surface area contributed by atoms with Crippen molar-refractivity contribution in [3.8, 4) is 0 Å². The Labute approximate surface area is 114 Å². The average molecular weight is 254 g/mol. The Hall–Kier alpha value is -2.16. The van der Waals surface area contributed by atoms with Crippen LogP contribution in [0, 0.1) is 0 Å². The smallest absolute Gasteiger partial charge is 0.166 e. The van der Waals surface area contributed by atoms with Gasteiger partial charge in [0.25, 0.3) is 0 Å². The van der Waals surface area contributed by atoms with Gasteiger partial charge in [0.05, 0.1) is 5.70 Å². The number of nitrogens with zero attached hydrogens (tertiary/aromatic N) is 2. The van der Waals surface area contributed by atoms with Crippen molar-refractivity contribution in [2.24, 2.45) is 0 Å². The number of hydrogen-bond acceptors (Lipinski definition) is 3. The molecule has 1 aromatic heterocycles. The summed E-state index contributed by atoms with van der Waals surface area (Å²) in [5.74, 6) is 0. The fourth-order valence-electron chi connectivity index (χ4n) is 2.00. The molecule has 0 saturated heterocycles. The molecule has 0 aromatic carbocycles. The van der Waals surface area contributed by atoms with Gasteiger partial charge in [0, 0.05) is 26.0 Å². The number of aldehydes is 1. The van der Waals surface area contributed by atoms with E-state index in [1.165, 1.54) is 0 Å². The highest BCUT2D eigenvalue weighted by Crippen LogP contribution is 2.14. The summed E-state index contributed by atoms with van der Waals surface area (Å²) in [5.41, 5.74) is 2.93. The van der Waals surface area contributed by atoms with Crippen molar-refractivity contribution < 1.29 is 4.79 Å². The molecule has 3 heteroatoms. The highest BCUT2D eigenvalue weighted by Gasteiger charge is 2.05. The van der Waals surface area contributed by atoms with Crippen LogP contribution in [0.15, 0.2) is 60.1 Å². The number of rotatable bonds is 5. The summed E-state index contributed by atoms with van der Waals surface area (Å²) in [7, 11) is 1.92. The largest absolute Gasteiger partial charge is 0.368 e. The standard InChI is InChI=1S/C16H18N2O/c1-18(12-15-7-9-17-10-8-15)16(13-19)11-14-5-3-2-4-6-14/h3,5-11,13H,2,4,12H2,1H3/b16-11-. The highest BCUT2D eigenvalue weighted by atomic mass is 16.1. The van der Waals surface area contributed by atoms with Gasteiger partial charge < -0.3 is 4.90 Å². The van der Waals surface area contributed by atoms with Crippen LogP contribution in [0.4, 0.5) is 0 Å². The van der Waals surface area contributed by atoms with Gasteiger partial charge in [-0.25, -0.2) is 0 Å². The van der Waals surface area contributed by atoms with Gasteiger partial charge in [0.15, 0.2) is 6.29 Å². The molecule has 1 aromatic rings. The minimum absolute atomic E-state index is 0.689. The molecule has 0 N–H and O–H groups in total. The van der Waals surface area contributed by atoms with Crippen LogP contribution in [-0.4, -0.2) is 23.2 Å². The van der Waals surface area contributed by atoms with E-state index < -0.39 is 0 Å². The SMILES string of the molecule is CN(Cc1ccncc1)/C(C=O)=C\C1=CCCC=C1. The highest BCUT2D eigenvalue weighted by molar-refractivity contribution is 5.73. The predicted molar refractivity (Wildman–Crippen MR) is 76.3 cm³/mol. The third-order valence-electron chi connectivity index (χ3n) is 3.07. The molecule has 0 amide bonds. The number of allylic oxidation sites excluding steroid dienone is 6. The zero-order valence-electron chi connectivity index (χ0n) is 11.1. The van der Waals surface area contributed by atoms with Crippen LogP contribution in [0.3, 0.4) is 0 Å². The van der Waals surface area contributed by atoms with E-state index in [2.05, 4.69) is 23.2 Å². The molecule has 1 heterocycles. The van der Waals surface area contributed by atoms with E-state index in [1.807, 2.05) is 30.2 Å². The topological polar surface area (TPSA) is 33.2 Å². The minimum atomic E-state index is 0.689. The molecule has 19 heavy (non-hydrogen) atoms. The number of pyridine rings is 1. The molecule has 3 nitrogen and oxygen atoms in total. The normalized spacial score (nSPS) is 15.0. The Bertz CT molecular complexity index is 515. The van der Waals surface area contributed by atoms with E-state index in [0.29, 0.717) is 12.2 Å². The predicted octanol–water partition coefficient (Wildman–Crippen LogP) is 2.87. The second-order valence-corrected chi connectivity index (χ2v) is 4.58. The number of aromatic nitrogens is 1. The van der Waals surface area contributed by atoms with Crippen molar-refractivity contribution in [1.82, 2.24) is 9.88 Å². The minimum Gasteiger partial charge on any atom is -0.368 e. The van der Waals surface area contributed by atoms with Gasteiger partial charge in [-0.1, -0.05) is 18.2 Å². The van der Waals surface area contributed by atoms with E-state index in [0.717, 1.165) is 30.3 Å². The number of hydrogen-bond donors (Lipinski definition) is 0. The fourth-order valence-corrected chi connectivity index (χ4v) is 2.00. The first-order valence-electron chi connectivity index (χ1n) is 6.43. The summed E-state index contributed by atoms with van der Waals surface area (Å²) in [6, 6.07) is 3.91. The zero-order chi connectivity index (χ0) is 13.5. The molecule has 1 aliphatic rings. The lowest BCUT2D eigenvalue weighted by atomic mass is 10.1. The third-order valence-corrected chi connectivity index (χ3v) is 3.07. The summed E-state index contributed by atoms with van der Waals surface area (Å²) >= 11 is 0. The molecule has 0 unspecified atom stereocenters. The van der Waals surface area contributed by atoms with Crippen molar-refractivity contribution in [2.75, 3.05) is 7.05 Å². The Morgan fingerprint density at radius 2 is 2.16 bits per heavy atom. The Kier molecular flexibility index (Phi) is 4.67. The second-order valence-electron chi connectivity index (χ2n) is 4.58. The molecular formula is C16H18N2O. The van der Waals surface area contributed by atoms with Gasteiger partial charge in [-0.15, -0.1) is 0 Å². The summed E-state index contributed by atoms with van der Waals surface area (Å²) in [6.07, 6.45) is 14.9. The lowest BCUT2D eigenvalue weighted by Gasteiger charge is -2.19. The summed E-state index contributed by atoms with van der Waals surface area (Å²) < 4.78 is 0. The molecule has 0 fully saturated rings. The van der Waals surface area contributed by atoms with Crippen LogP contribution in [0.5, 0.6) is 0 Å². The van der Waals surface area contributed by atoms with Crippen LogP contribution in [0.25, 0.3) is 0 Å². The van der Waals surface area contributed by atoms with Gasteiger partial charge >= 0.3 is 0 Å². The third kappa shape index (κ3) is 3.91. The van der Waals surface area contributed by atoms with Crippen LogP contribution in [0.1, 0.15) is 18.4 Å². The van der Waals surface area contributed by atoms with Crippen molar-refractivity contribution in [3.05, 3.63) is 65.7 Å². The molecule has 0 saturated carbocycles. The van der Waals surface area contributed by atoms with Crippen LogP contribution in [0.2, 0.25) is 0 Å². The summed E-state index contributed by atoms with van der Waals surface area (Å²) in [4.78, 5) is 17.2. The monoisotopic (exact) mass is 254 g/mol. The molecule has 0 aliphatic heterocycles. The molecular weight excluding hydrogens is 236 g/mol. The maximum atomic E-state index is 11.2. The second kappa shape index (κ2) is 6.69. The summed E-state index contributed by atoms with van der Waals surface area (Å²) in [5, 5.41) is 0. The maximum absolute atomic E-state index is 11.2. The first-order valence-corrected chi connectivity index (χ1v) is 6.43. The lowest BCUT2D eigenvalue weighted by molar-refractivity contribution is -0.106. The van der Waals surface area contributed by atoms with E-state index in [-0.39, 0.29) is 0 Å². The van der Waals surface area contributed by atoms with E-state index in [1.54, 1.807) is 12.4 Å². The van der Waals surface area contributed by atoms with Crippen molar-refractivity contribution in [2.45, 2.75) is 19.4 Å². The molecule has 0 radical (unpaired) electrons. The fraction of sp³-hybridized carbons (Fsp3) is 0.250. The molecule has 98 valence electrons. The number of carbonyl (C=O) groups is 1. The lowest BCUT2D eigenvalue weighted by Crippen LogP contribution is -2.18. The van der Waals surface area contributed by atoms with Crippen LogP contribution >= 0.6 is 0 Å². The van der Waals surface area contributed by atoms with Gasteiger partial charge in [0.2, 0.25) is 0 Å². The van der Waals surface area contributed by atoms with Crippen molar-refractivity contribution >= 4 is 6.29 Å². The number of likely N-dealkylation sites (N-methyl/N-ethyl adjacent to an activating group) is 1. The Morgan fingerprint density at radius 1 is 1.37 bits per heavy atom. The van der Waals surface area contributed by atoms with E-state index in [4.69, 9.17) is 0 Å². The molecule has 0 atom stereocenters. The van der Waals surface area contributed by atoms with Gasteiger partial charge in [-0.3, -0.25) is 9.78 Å². The quantitative estimate of drug-likeness (QED) is 0.598. The first-order chi connectivity index (χ1) is 9.29. The van der Waals surface area contributed by atoms with Crippen molar-refractivity contribution in [1.29, 1.82) is 0 Å². The Morgan fingerprint density at radius 3 is 2.79 bits per heavy atom. The van der Waals surface area contributed by atoms with Gasteiger partial charge in [-0.05, 0) is 42.2 Å². The molecule has 1 aliphatic carbocycles. The van der Waals surface area contributed by atoms with Gasteiger partial charge in [-0.2, -0.15) is 0 Å². The molecule has 0 bridgehead atoms. The molecule has 2 rings (SSSR count). The molecule has 0 spiro atoms.